The summed E-state index contributed by atoms with van der Waals surface area (Å²) in [4.78, 5) is 0. The monoisotopic (exact) mass is 237 g/mol. The van der Waals surface area contributed by atoms with Gasteiger partial charge < -0.3 is 10.6 Å². The van der Waals surface area contributed by atoms with Gasteiger partial charge >= 0.3 is 11.5 Å². The molecule has 0 radical (unpaired) electrons. The smallest absolute Gasteiger partial charge is 0.314 e. The summed E-state index contributed by atoms with van der Waals surface area (Å²) >= 11 is 4.55. The highest BCUT2D eigenvalue weighted by Crippen LogP contribution is 1.99. The molecule has 0 atom stereocenters. The first-order valence-corrected chi connectivity index (χ1v) is 5.85. The zero-order valence-electron chi connectivity index (χ0n) is 8.54. The lowest BCUT2D eigenvalue weighted by atomic mass is 10.5. The molecule has 0 aliphatic rings. The van der Waals surface area contributed by atoms with Crippen molar-refractivity contribution in [3.05, 3.63) is 12.8 Å². The van der Waals surface area contributed by atoms with Crippen molar-refractivity contribution in [2.24, 2.45) is 0 Å². The number of hydrogen-bond donors (Lipinski definition) is 2. The van der Waals surface area contributed by atoms with Gasteiger partial charge in [0.05, 0.1) is 14.2 Å². The van der Waals surface area contributed by atoms with Crippen LogP contribution in [0, 0.1) is 0 Å². The summed E-state index contributed by atoms with van der Waals surface area (Å²) in [5, 5.41) is 6.41. The molecule has 0 aliphatic carbocycles. The molecule has 0 rings (SSSR count). The Morgan fingerprint density at radius 1 is 1.50 bits per heavy atom. The summed E-state index contributed by atoms with van der Waals surface area (Å²) in [6.45, 7) is 4.31. The Kier molecular flexibility index (Phi) is 9.06. The SMILES string of the molecule is C=CNC(=S)NCCC[S+](OC)OC. The molecular weight excluding hydrogens is 220 g/mol. The molecule has 0 heterocycles. The molecule has 0 aromatic heterocycles. The van der Waals surface area contributed by atoms with E-state index in [1.807, 2.05) is 0 Å². The Bertz CT molecular complexity index is 175. The molecule has 2 N–H and O–H groups in total. The molecule has 0 fully saturated rings. The summed E-state index contributed by atoms with van der Waals surface area (Å²) in [6.07, 6.45) is 2.49. The molecule has 0 aromatic carbocycles. The van der Waals surface area contributed by atoms with E-state index in [4.69, 9.17) is 20.6 Å². The average Bonchev–Trinajstić information content (AvgIpc) is 2.19. The van der Waals surface area contributed by atoms with Crippen LogP contribution in [-0.2, 0) is 19.8 Å². The third-order valence-corrected chi connectivity index (χ3v) is 3.01. The van der Waals surface area contributed by atoms with Crippen molar-refractivity contribution in [3.8, 4) is 0 Å². The van der Waals surface area contributed by atoms with Gasteiger partial charge in [-0.15, -0.1) is 8.37 Å². The maximum atomic E-state index is 5.07. The van der Waals surface area contributed by atoms with E-state index in [2.05, 4.69) is 17.2 Å². The van der Waals surface area contributed by atoms with E-state index in [0.29, 0.717) is 5.11 Å². The highest BCUT2D eigenvalue weighted by atomic mass is 32.2. The van der Waals surface area contributed by atoms with Crippen LogP contribution in [0.1, 0.15) is 6.42 Å². The fourth-order valence-electron chi connectivity index (χ4n) is 0.770. The van der Waals surface area contributed by atoms with Crippen molar-refractivity contribution in [2.75, 3.05) is 26.5 Å². The quantitative estimate of drug-likeness (QED) is 0.388. The van der Waals surface area contributed by atoms with Crippen LogP contribution in [0.4, 0.5) is 0 Å². The summed E-state index contributed by atoms with van der Waals surface area (Å²) in [5.74, 6) is 0.872. The summed E-state index contributed by atoms with van der Waals surface area (Å²) < 4.78 is 10.1. The molecule has 6 heteroatoms. The molecular formula is C8H17N2O2S2+. The first-order valence-electron chi connectivity index (χ1n) is 4.19. The van der Waals surface area contributed by atoms with E-state index >= 15 is 0 Å². The van der Waals surface area contributed by atoms with Gasteiger partial charge in [0.25, 0.3) is 0 Å². The molecule has 0 aromatic rings. The van der Waals surface area contributed by atoms with Crippen LogP contribution in [0.25, 0.3) is 0 Å². The van der Waals surface area contributed by atoms with Crippen LogP contribution < -0.4 is 10.6 Å². The predicted octanol–water partition coefficient (Wildman–Crippen LogP) is 0.725. The summed E-state index contributed by atoms with van der Waals surface area (Å²) in [5.41, 5.74) is 0. The molecule has 0 saturated carbocycles. The normalized spacial score (nSPS) is 9.93. The van der Waals surface area contributed by atoms with Crippen molar-refractivity contribution in [1.82, 2.24) is 10.6 Å². The minimum atomic E-state index is -0.381. The van der Waals surface area contributed by atoms with Crippen molar-refractivity contribution >= 4 is 28.8 Å². The predicted molar refractivity (Wildman–Crippen MR) is 64.8 cm³/mol. The van der Waals surface area contributed by atoms with Crippen LogP contribution in [0.2, 0.25) is 0 Å². The zero-order valence-corrected chi connectivity index (χ0v) is 10.2. The first kappa shape index (κ1) is 13.7. The highest BCUT2D eigenvalue weighted by molar-refractivity contribution is 7.87. The Hall–Kier alpha value is -0.300. The van der Waals surface area contributed by atoms with Gasteiger partial charge in [-0.3, -0.25) is 0 Å². The van der Waals surface area contributed by atoms with Gasteiger partial charge in [0, 0.05) is 13.0 Å². The molecule has 82 valence electrons. The van der Waals surface area contributed by atoms with E-state index in [0.717, 1.165) is 18.7 Å². The second kappa shape index (κ2) is 9.26. The Morgan fingerprint density at radius 3 is 2.64 bits per heavy atom. The zero-order chi connectivity index (χ0) is 10.8. The standard InChI is InChI=1S/C8H16N2O2S2/c1-4-9-8(13)10-6-5-7-14(11-2)12-3/h4H,1,5-7H2,2-3H3,(H-,9,10,13)/p+1. The van der Waals surface area contributed by atoms with Crippen molar-refractivity contribution in [1.29, 1.82) is 0 Å². The van der Waals surface area contributed by atoms with Gasteiger partial charge in [-0.25, -0.2) is 0 Å². The fourth-order valence-corrected chi connectivity index (χ4v) is 1.81. The molecule has 14 heavy (non-hydrogen) atoms. The number of hydrogen-bond acceptors (Lipinski definition) is 3. The number of thiocarbonyl (C=S) groups is 1. The molecule has 4 nitrogen and oxygen atoms in total. The topological polar surface area (TPSA) is 42.5 Å². The summed E-state index contributed by atoms with van der Waals surface area (Å²) in [7, 11) is 3.29. The summed E-state index contributed by atoms with van der Waals surface area (Å²) in [6, 6.07) is 0. The average molecular weight is 237 g/mol. The third-order valence-electron chi connectivity index (χ3n) is 1.38. The molecule has 0 saturated heterocycles. The van der Waals surface area contributed by atoms with Crippen molar-refractivity contribution in [3.63, 3.8) is 0 Å². The molecule has 0 aliphatic heterocycles. The van der Waals surface area contributed by atoms with Crippen LogP contribution in [0.15, 0.2) is 12.8 Å². The molecule has 0 bridgehead atoms. The van der Waals surface area contributed by atoms with Crippen LogP contribution in [0.5, 0.6) is 0 Å². The van der Waals surface area contributed by atoms with Crippen LogP contribution in [-0.4, -0.2) is 31.6 Å². The van der Waals surface area contributed by atoms with Gasteiger partial charge in [0.2, 0.25) is 0 Å². The van der Waals surface area contributed by atoms with E-state index in [1.165, 1.54) is 0 Å². The Labute approximate surface area is 93.8 Å². The Morgan fingerprint density at radius 2 is 2.14 bits per heavy atom. The molecule has 0 spiro atoms. The maximum absolute atomic E-state index is 5.07. The third kappa shape index (κ3) is 7.14. The maximum Gasteiger partial charge on any atom is 0.314 e. The van der Waals surface area contributed by atoms with Crippen molar-refractivity contribution < 1.29 is 8.37 Å². The lowest BCUT2D eigenvalue weighted by molar-refractivity contribution is 0.358. The van der Waals surface area contributed by atoms with E-state index in [-0.39, 0.29) is 11.5 Å². The lowest BCUT2D eigenvalue weighted by Gasteiger charge is -2.05. The minimum Gasteiger partial charge on any atom is -0.362 e. The number of rotatable bonds is 7. The first-order chi connectivity index (χ1) is 6.74. The molecule has 0 unspecified atom stereocenters. The van der Waals surface area contributed by atoms with Crippen LogP contribution in [0.3, 0.4) is 0 Å². The highest BCUT2D eigenvalue weighted by Gasteiger charge is 2.17. The molecule has 0 amide bonds. The second-order valence-corrected chi connectivity index (χ2v) is 4.39. The van der Waals surface area contributed by atoms with E-state index in [9.17, 15) is 0 Å². The lowest BCUT2D eigenvalue weighted by Crippen LogP contribution is -2.33. The van der Waals surface area contributed by atoms with Gasteiger partial charge in [-0.1, -0.05) is 6.58 Å². The van der Waals surface area contributed by atoms with Gasteiger partial charge in [0.15, 0.2) is 10.9 Å². The number of nitrogens with one attached hydrogen (secondary N) is 2. The van der Waals surface area contributed by atoms with Gasteiger partial charge in [0.1, 0.15) is 0 Å². The van der Waals surface area contributed by atoms with Crippen LogP contribution >= 0.6 is 12.2 Å². The minimum absolute atomic E-state index is 0.381. The Balaban J connectivity index is 3.36. The van der Waals surface area contributed by atoms with Gasteiger partial charge in [-0.05, 0) is 18.4 Å². The second-order valence-electron chi connectivity index (χ2n) is 2.30. The van der Waals surface area contributed by atoms with E-state index in [1.54, 1.807) is 20.4 Å². The van der Waals surface area contributed by atoms with Crippen molar-refractivity contribution in [2.45, 2.75) is 6.42 Å². The van der Waals surface area contributed by atoms with E-state index < -0.39 is 0 Å². The fraction of sp³-hybridized carbons (Fsp3) is 0.625. The van der Waals surface area contributed by atoms with Gasteiger partial charge in [-0.2, -0.15) is 0 Å². The largest absolute Gasteiger partial charge is 0.362 e.